The number of anilines is 1. The van der Waals surface area contributed by atoms with E-state index in [-0.39, 0.29) is 10.8 Å². The summed E-state index contributed by atoms with van der Waals surface area (Å²) in [4.78, 5) is 14.4. The van der Waals surface area contributed by atoms with Gasteiger partial charge in [-0.3, -0.25) is 4.79 Å². The van der Waals surface area contributed by atoms with Crippen LogP contribution in [-0.4, -0.2) is 41.5 Å². The molecule has 1 N–H and O–H groups in total. The average Bonchev–Trinajstić information content (AvgIpc) is 3.61. The Morgan fingerprint density at radius 1 is 0.939 bits per heavy atom. The monoisotopic (exact) mass is 478 g/mol. The molecule has 0 aliphatic carbocycles. The van der Waals surface area contributed by atoms with Crippen LogP contribution in [0.15, 0.2) is 83.1 Å². The Kier molecular flexibility index (Phi) is 5.84. The fourth-order valence-electron chi connectivity index (χ4n) is 3.84. The number of carbonyl (C=O) groups is 1. The number of nitrogens with one attached hydrogen (secondary N) is 1. The van der Waals surface area contributed by atoms with Crippen molar-refractivity contribution in [2.75, 3.05) is 18.4 Å². The van der Waals surface area contributed by atoms with Gasteiger partial charge < -0.3 is 5.32 Å². The van der Waals surface area contributed by atoms with E-state index in [0.29, 0.717) is 30.2 Å². The first-order valence-corrected chi connectivity index (χ1v) is 13.0. The second kappa shape index (κ2) is 8.93. The minimum atomic E-state index is -3.49. The number of sulfonamides is 1. The largest absolute Gasteiger partial charge is 0.321 e. The van der Waals surface area contributed by atoms with Gasteiger partial charge in [-0.15, -0.1) is 11.3 Å². The Balaban J connectivity index is 1.42. The number of nitrogens with zero attached hydrogens (tertiary/aromatic N) is 3. The summed E-state index contributed by atoms with van der Waals surface area (Å²) in [5.41, 5.74) is 2.39. The van der Waals surface area contributed by atoms with Crippen molar-refractivity contribution < 1.29 is 13.2 Å². The lowest BCUT2D eigenvalue weighted by molar-refractivity contribution is 0.101. The molecular formula is C24H22N4O3S2. The molecule has 2 aromatic heterocycles. The molecule has 168 valence electrons. The molecule has 0 bridgehead atoms. The molecule has 0 atom stereocenters. The van der Waals surface area contributed by atoms with Crippen molar-refractivity contribution in [3.63, 3.8) is 0 Å². The molecule has 5 rings (SSSR count). The molecule has 0 radical (unpaired) electrons. The van der Waals surface area contributed by atoms with Crippen molar-refractivity contribution >= 4 is 33.0 Å². The normalized spacial score (nSPS) is 14.4. The third kappa shape index (κ3) is 4.35. The van der Waals surface area contributed by atoms with Crippen LogP contribution in [0, 0.1) is 0 Å². The summed E-state index contributed by atoms with van der Waals surface area (Å²) in [6.45, 7) is 1.10. The Hall–Kier alpha value is -3.27. The van der Waals surface area contributed by atoms with Crippen molar-refractivity contribution in [1.82, 2.24) is 14.1 Å². The van der Waals surface area contributed by atoms with Gasteiger partial charge in [0.15, 0.2) is 0 Å². The van der Waals surface area contributed by atoms with E-state index in [9.17, 15) is 13.2 Å². The zero-order chi connectivity index (χ0) is 22.8. The second-order valence-corrected chi connectivity index (χ2v) is 10.6. The number of hydrogen-bond donors (Lipinski definition) is 1. The lowest BCUT2D eigenvalue weighted by atomic mass is 10.2. The first-order valence-electron chi connectivity index (χ1n) is 10.6. The van der Waals surface area contributed by atoms with Crippen LogP contribution >= 0.6 is 11.3 Å². The molecule has 2 aromatic carbocycles. The van der Waals surface area contributed by atoms with Gasteiger partial charge in [0.2, 0.25) is 10.0 Å². The zero-order valence-electron chi connectivity index (χ0n) is 17.7. The van der Waals surface area contributed by atoms with Crippen molar-refractivity contribution in [3.8, 4) is 16.3 Å². The standard InChI is InChI=1S/C24H22N4O3S2/c29-24(25-18-10-12-20(13-11-18)33(30,31)27-14-4-5-15-27)22-17-21(23-9-6-16-32-23)26-28(22)19-7-2-1-3-8-19/h1-3,6-13,16-17H,4-5,14-15H2,(H,25,29). The number of benzene rings is 2. The van der Waals surface area contributed by atoms with Crippen LogP contribution in [0.4, 0.5) is 5.69 Å². The van der Waals surface area contributed by atoms with E-state index in [2.05, 4.69) is 10.4 Å². The van der Waals surface area contributed by atoms with Crippen molar-refractivity contribution in [3.05, 3.63) is 83.9 Å². The molecule has 0 saturated carbocycles. The van der Waals surface area contributed by atoms with Gasteiger partial charge in [-0.25, -0.2) is 13.1 Å². The maximum Gasteiger partial charge on any atom is 0.274 e. The maximum atomic E-state index is 13.2. The van der Waals surface area contributed by atoms with Crippen LogP contribution in [0.3, 0.4) is 0 Å². The number of thiophene rings is 1. The molecule has 1 amide bonds. The summed E-state index contributed by atoms with van der Waals surface area (Å²) in [5.74, 6) is -0.329. The fraction of sp³-hybridized carbons (Fsp3) is 0.167. The summed E-state index contributed by atoms with van der Waals surface area (Å²) >= 11 is 1.55. The van der Waals surface area contributed by atoms with E-state index >= 15 is 0 Å². The highest BCUT2D eigenvalue weighted by Crippen LogP contribution is 2.27. The smallest absolute Gasteiger partial charge is 0.274 e. The molecule has 1 aliphatic heterocycles. The number of hydrogen-bond acceptors (Lipinski definition) is 5. The molecule has 33 heavy (non-hydrogen) atoms. The second-order valence-electron chi connectivity index (χ2n) is 7.73. The van der Waals surface area contributed by atoms with Gasteiger partial charge in [-0.05, 0) is 66.8 Å². The highest BCUT2D eigenvalue weighted by molar-refractivity contribution is 7.89. The molecule has 4 aromatic rings. The van der Waals surface area contributed by atoms with E-state index < -0.39 is 10.0 Å². The van der Waals surface area contributed by atoms with Crippen LogP contribution in [0.1, 0.15) is 23.3 Å². The van der Waals surface area contributed by atoms with Crippen molar-refractivity contribution in [2.24, 2.45) is 0 Å². The predicted octanol–water partition coefficient (Wildman–Crippen LogP) is 4.64. The number of amides is 1. The van der Waals surface area contributed by atoms with E-state index in [4.69, 9.17) is 0 Å². The van der Waals surface area contributed by atoms with Gasteiger partial charge in [-0.2, -0.15) is 9.40 Å². The van der Waals surface area contributed by atoms with Gasteiger partial charge >= 0.3 is 0 Å². The Morgan fingerprint density at radius 2 is 1.67 bits per heavy atom. The number of aromatic nitrogens is 2. The third-order valence-corrected chi connectivity index (χ3v) is 8.34. The Morgan fingerprint density at radius 3 is 2.33 bits per heavy atom. The highest BCUT2D eigenvalue weighted by atomic mass is 32.2. The number of rotatable bonds is 6. The lowest BCUT2D eigenvalue weighted by Gasteiger charge is -2.15. The lowest BCUT2D eigenvalue weighted by Crippen LogP contribution is -2.27. The van der Waals surface area contributed by atoms with E-state index in [1.807, 2.05) is 47.8 Å². The molecule has 0 unspecified atom stereocenters. The molecule has 1 fully saturated rings. The molecule has 1 aliphatic rings. The molecule has 9 heteroatoms. The summed E-state index contributed by atoms with van der Waals surface area (Å²) in [5, 5.41) is 9.49. The number of para-hydroxylation sites is 1. The summed E-state index contributed by atoms with van der Waals surface area (Å²) < 4.78 is 28.6. The molecular weight excluding hydrogens is 456 g/mol. The van der Waals surface area contributed by atoms with Gasteiger partial charge in [0.25, 0.3) is 5.91 Å². The van der Waals surface area contributed by atoms with E-state index in [1.54, 1.807) is 34.2 Å². The van der Waals surface area contributed by atoms with Gasteiger partial charge in [0, 0.05) is 18.8 Å². The minimum Gasteiger partial charge on any atom is -0.321 e. The average molecular weight is 479 g/mol. The SMILES string of the molecule is O=C(Nc1ccc(S(=O)(=O)N2CCCC2)cc1)c1cc(-c2cccs2)nn1-c1ccccc1. The van der Waals surface area contributed by atoms with E-state index in [0.717, 1.165) is 23.4 Å². The molecule has 1 saturated heterocycles. The fourth-order valence-corrected chi connectivity index (χ4v) is 6.03. The van der Waals surface area contributed by atoms with Crippen LogP contribution in [0.25, 0.3) is 16.3 Å². The highest BCUT2D eigenvalue weighted by Gasteiger charge is 2.27. The van der Waals surface area contributed by atoms with Crippen LogP contribution < -0.4 is 5.32 Å². The Labute approximate surface area is 196 Å². The minimum absolute atomic E-state index is 0.233. The topological polar surface area (TPSA) is 84.3 Å². The summed E-state index contributed by atoms with van der Waals surface area (Å²) in [7, 11) is -3.49. The van der Waals surface area contributed by atoms with Crippen LogP contribution in [-0.2, 0) is 10.0 Å². The summed E-state index contributed by atoms with van der Waals surface area (Å²) in [6.07, 6.45) is 1.77. The maximum absolute atomic E-state index is 13.2. The Bertz CT molecular complexity index is 1360. The van der Waals surface area contributed by atoms with Gasteiger partial charge in [-0.1, -0.05) is 24.3 Å². The first-order chi connectivity index (χ1) is 16.0. The number of carbonyl (C=O) groups excluding carboxylic acids is 1. The van der Waals surface area contributed by atoms with Gasteiger partial charge in [0.05, 0.1) is 15.5 Å². The molecule has 3 heterocycles. The predicted molar refractivity (Wildman–Crippen MR) is 129 cm³/mol. The zero-order valence-corrected chi connectivity index (χ0v) is 19.3. The molecule has 7 nitrogen and oxygen atoms in total. The van der Waals surface area contributed by atoms with Crippen LogP contribution in [0.5, 0.6) is 0 Å². The third-order valence-electron chi connectivity index (χ3n) is 5.53. The summed E-state index contributed by atoms with van der Waals surface area (Å²) in [6, 6.07) is 21.4. The molecule has 0 spiro atoms. The van der Waals surface area contributed by atoms with E-state index in [1.165, 1.54) is 16.4 Å². The van der Waals surface area contributed by atoms with Crippen molar-refractivity contribution in [1.29, 1.82) is 0 Å². The quantitative estimate of drug-likeness (QED) is 0.438. The van der Waals surface area contributed by atoms with Crippen molar-refractivity contribution in [2.45, 2.75) is 17.7 Å². The first kappa shape index (κ1) is 21.6. The van der Waals surface area contributed by atoms with Gasteiger partial charge in [0.1, 0.15) is 11.4 Å². The van der Waals surface area contributed by atoms with Crippen LogP contribution in [0.2, 0.25) is 0 Å².